The van der Waals surface area contributed by atoms with Crippen molar-refractivity contribution in [1.82, 2.24) is 0 Å². The van der Waals surface area contributed by atoms with Gasteiger partial charge in [0.2, 0.25) is 5.34 Å². The van der Waals surface area contributed by atoms with E-state index in [-0.39, 0.29) is 13.0 Å². The van der Waals surface area contributed by atoms with E-state index in [1.165, 1.54) is 57.8 Å². The lowest BCUT2D eigenvalue weighted by Gasteiger charge is -2.35. The second-order valence-electron chi connectivity index (χ2n) is 9.98. The Bertz CT molecular complexity index is 536. The normalized spacial score (nSPS) is 15.2. The van der Waals surface area contributed by atoms with Crippen molar-refractivity contribution in [3.63, 3.8) is 0 Å². The summed E-state index contributed by atoms with van der Waals surface area (Å²) in [4.78, 5) is 19.2. The molecule has 0 aliphatic rings. The Labute approximate surface area is 192 Å². The summed E-state index contributed by atoms with van der Waals surface area (Å²) in [5.41, 5.74) is 0. The Hall–Kier alpha value is -0.450. The van der Waals surface area contributed by atoms with Crippen LogP contribution in [0.5, 0.6) is 0 Å². The number of rotatable bonds is 20. The largest absolute Gasteiger partial charge is 0.373 e. The monoisotopic (exact) mass is 460 g/mol. The minimum absolute atomic E-state index is 0.0583. The van der Waals surface area contributed by atoms with E-state index in [4.69, 9.17) is 0 Å². The molecule has 1 unspecified atom stereocenters. The van der Waals surface area contributed by atoms with Crippen LogP contribution in [0.25, 0.3) is 0 Å². The molecule has 0 aliphatic carbocycles. The van der Waals surface area contributed by atoms with Crippen LogP contribution >= 0.6 is 7.60 Å². The Kier molecular flexibility index (Phi) is 16.8. The Morgan fingerprint density at radius 1 is 0.710 bits per heavy atom. The van der Waals surface area contributed by atoms with Gasteiger partial charge in [-0.3, -0.25) is 4.57 Å². The van der Waals surface area contributed by atoms with E-state index in [2.05, 4.69) is 31.2 Å². The van der Waals surface area contributed by atoms with Gasteiger partial charge in [0, 0.05) is 0 Å². The summed E-state index contributed by atoms with van der Waals surface area (Å²) in [7, 11) is 0.969. The third-order valence-corrected chi connectivity index (χ3v) is 6.98. The molecular formula is C25H51NO4P+. The maximum atomic E-state index is 11.8. The van der Waals surface area contributed by atoms with Crippen molar-refractivity contribution in [2.75, 3.05) is 27.7 Å². The van der Waals surface area contributed by atoms with Crippen molar-refractivity contribution in [3.05, 3.63) is 24.3 Å². The van der Waals surface area contributed by atoms with Crippen molar-refractivity contribution >= 4 is 7.60 Å². The Balaban J connectivity index is 3.65. The van der Waals surface area contributed by atoms with Gasteiger partial charge in [0.15, 0.2) is 0 Å². The zero-order valence-electron chi connectivity index (χ0n) is 20.8. The van der Waals surface area contributed by atoms with Gasteiger partial charge in [-0.15, -0.1) is 0 Å². The highest BCUT2D eigenvalue weighted by Gasteiger charge is 2.48. The maximum absolute atomic E-state index is 11.8. The summed E-state index contributed by atoms with van der Waals surface area (Å²) in [5, 5.41) is 8.62. The van der Waals surface area contributed by atoms with Gasteiger partial charge in [-0.2, -0.15) is 0 Å². The molecule has 0 aromatic rings. The predicted octanol–water partition coefficient (Wildman–Crippen LogP) is 6.54. The number of quaternary nitrogens is 1. The first-order chi connectivity index (χ1) is 14.5. The third kappa shape index (κ3) is 17.7. The Morgan fingerprint density at radius 2 is 1.13 bits per heavy atom. The molecule has 0 aromatic heterocycles. The maximum Gasteiger partial charge on any atom is 0.362 e. The molecular weight excluding hydrogens is 409 g/mol. The lowest BCUT2D eigenvalue weighted by Crippen LogP contribution is -2.49. The fourth-order valence-corrected chi connectivity index (χ4v) is 4.92. The lowest BCUT2D eigenvalue weighted by atomic mass is 10.0. The van der Waals surface area contributed by atoms with Crippen LogP contribution in [-0.2, 0) is 4.57 Å². The van der Waals surface area contributed by atoms with Gasteiger partial charge in [-0.05, 0) is 51.4 Å². The number of allylic oxidation sites excluding steroid dienone is 4. The van der Waals surface area contributed by atoms with Gasteiger partial charge < -0.3 is 19.4 Å². The molecule has 6 heteroatoms. The molecule has 1 atom stereocenters. The Morgan fingerprint density at radius 3 is 1.58 bits per heavy atom. The van der Waals surface area contributed by atoms with Gasteiger partial charge in [-0.25, -0.2) is 0 Å². The third-order valence-electron chi connectivity index (χ3n) is 5.53. The quantitative estimate of drug-likeness (QED) is 0.0834. The van der Waals surface area contributed by atoms with Gasteiger partial charge in [0.1, 0.15) is 6.54 Å². The van der Waals surface area contributed by atoms with E-state index in [1.807, 2.05) is 21.1 Å². The summed E-state index contributed by atoms with van der Waals surface area (Å²) in [6.07, 6.45) is 25.5. The van der Waals surface area contributed by atoms with Crippen LogP contribution in [-0.4, -0.2) is 52.4 Å². The van der Waals surface area contributed by atoms with Crippen LogP contribution in [0.15, 0.2) is 24.3 Å². The fourth-order valence-electron chi connectivity index (χ4n) is 3.86. The highest BCUT2D eigenvalue weighted by atomic mass is 31.2. The van der Waals surface area contributed by atoms with Crippen LogP contribution in [0.3, 0.4) is 0 Å². The van der Waals surface area contributed by atoms with E-state index in [0.717, 1.165) is 25.7 Å². The molecule has 0 saturated heterocycles. The topological polar surface area (TPSA) is 77.8 Å². The molecule has 0 heterocycles. The first kappa shape index (κ1) is 30.6. The molecule has 0 saturated carbocycles. The second-order valence-corrected chi connectivity index (χ2v) is 11.9. The van der Waals surface area contributed by atoms with Gasteiger partial charge in [-0.1, -0.05) is 76.2 Å². The first-order valence-electron chi connectivity index (χ1n) is 12.4. The van der Waals surface area contributed by atoms with Gasteiger partial charge >= 0.3 is 7.60 Å². The standard InChI is InChI=1S/C25H50NO4P/c1-5-6-7-8-9-10-11-12-13-14-15-16-17-18-19-20-21-22-23-25(27,31(28,29)30)24-26(2,3)4/h6-7,11-12,27H,5,8-10,13-24H2,1-4H3,(H-,28,29,30)/p+1/b7-6-,12-11-. The molecule has 0 amide bonds. The zero-order valence-corrected chi connectivity index (χ0v) is 21.7. The van der Waals surface area contributed by atoms with Crippen molar-refractivity contribution in [3.8, 4) is 0 Å². The van der Waals surface area contributed by atoms with E-state index < -0.39 is 12.9 Å². The van der Waals surface area contributed by atoms with Crippen molar-refractivity contribution in [2.45, 2.75) is 109 Å². The molecule has 3 N–H and O–H groups in total. The van der Waals surface area contributed by atoms with E-state index in [1.54, 1.807) is 0 Å². The summed E-state index contributed by atoms with van der Waals surface area (Å²) in [5.74, 6) is 0. The van der Waals surface area contributed by atoms with Gasteiger partial charge in [0.25, 0.3) is 0 Å². The summed E-state index contributed by atoms with van der Waals surface area (Å²) in [6.45, 7) is 2.23. The molecule has 0 fully saturated rings. The molecule has 0 rings (SSSR count). The average molecular weight is 461 g/mol. The van der Waals surface area contributed by atoms with Crippen LogP contribution in [0.2, 0.25) is 0 Å². The van der Waals surface area contributed by atoms with Crippen LogP contribution < -0.4 is 0 Å². The highest BCUT2D eigenvalue weighted by Crippen LogP contribution is 2.52. The van der Waals surface area contributed by atoms with Crippen LogP contribution in [0.4, 0.5) is 0 Å². The smallest absolute Gasteiger partial charge is 0.362 e. The lowest BCUT2D eigenvalue weighted by molar-refractivity contribution is -0.875. The molecule has 0 spiro atoms. The highest BCUT2D eigenvalue weighted by molar-refractivity contribution is 7.53. The number of likely N-dealkylation sites (N-methyl/N-ethyl adjacent to an activating group) is 1. The van der Waals surface area contributed by atoms with E-state index in [0.29, 0.717) is 10.9 Å². The van der Waals surface area contributed by atoms with Crippen molar-refractivity contribution in [2.24, 2.45) is 0 Å². The average Bonchev–Trinajstić information content (AvgIpc) is 2.65. The van der Waals surface area contributed by atoms with E-state index in [9.17, 15) is 19.5 Å². The summed E-state index contributed by atoms with van der Waals surface area (Å²) < 4.78 is 12.1. The number of unbranched alkanes of at least 4 members (excludes halogenated alkanes) is 11. The zero-order chi connectivity index (χ0) is 23.6. The minimum atomic E-state index is -4.54. The van der Waals surface area contributed by atoms with Crippen LogP contribution in [0.1, 0.15) is 103 Å². The van der Waals surface area contributed by atoms with Gasteiger partial charge in [0.05, 0.1) is 21.1 Å². The first-order valence-corrected chi connectivity index (χ1v) is 14.0. The molecule has 0 aliphatic heterocycles. The van der Waals surface area contributed by atoms with Crippen molar-refractivity contribution in [1.29, 1.82) is 0 Å². The molecule has 5 nitrogen and oxygen atoms in total. The number of nitrogens with zero attached hydrogens (tertiary/aromatic N) is 1. The molecule has 31 heavy (non-hydrogen) atoms. The summed E-state index contributed by atoms with van der Waals surface area (Å²) >= 11 is 0. The predicted molar refractivity (Wildman–Crippen MR) is 133 cm³/mol. The molecule has 184 valence electrons. The van der Waals surface area contributed by atoms with Crippen LogP contribution in [0, 0.1) is 0 Å². The second kappa shape index (κ2) is 17.1. The molecule has 0 radical (unpaired) electrons. The number of aliphatic hydroxyl groups is 1. The number of hydrogen-bond acceptors (Lipinski definition) is 2. The van der Waals surface area contributed by atoms with E-state index >= 15 is 0 Å². The molecule has 0 bridgehead atoms. The summed E-state index contributed by atoms with van der Waals surface area (Å²) in [6, 6.07) is 0. The molecule has 0 aromatic carbocycles. The van der Waals surface area contributed by atoms with Crippen molar-refractivity contribution < 1.29 is 23.9 Å². The SMILES string of the molecule is CC/C=C\CCC/C=C\CCCCCCCCCCCC(O)(C[N+](C)(C)C)P(=O)(O)O. The fraction of sp³-hybridized carbons (Fsp3) is 0.840. The minimum Gasteiger partial charge on any atom is -0.373 e. The number of hydrogen-bond donors (Lipinski definition) is 3.